The minimum atomic E-state index is -1.13. The maximum absolute atomic E-state index is 10.7. The van der Waals surface area contributed by atoms with Crippen LogP contribution in [0.25, 0.3) is 5.82 Å². The molecule has 0 radical (unpaired) electrons. The summed E-state index contributed by atoms with van der Waals surface area (Å²) in [6.07, 6.45) is 1.17. The SMILES string of the molecule is Cc1ccc(-n2ncc(C(=O)O)c2Cl)nn1. The predicted molar refractivity (Wildman–Crippen MR) is 55.9 cm³/mol. The third kappa shape index (κ3) is 1.74. The molecule has 0 fully saturated rings. The van der Waals surface area contributed by atoms with E-state index in [-0.39, 0.29) is 10.7 Å². The first-order chi connectivity index (χ1) is 7.59. The normalized spacial score (nSPS) is 10.4. The van der Waals surface area contributed by atoms with Crippen LogP contribution in [0.3, 0.4) is 0 Å². The number of nitrogens with zero attached hydrogens (tertiary/aromatic N) is 4. The molecule has 0 unspecified atom stereocenters. The number of carbonyl (C=O) groups is 1. The molecule has 0 amide bonds. The van der Waals surface area contributed by atoms with Crippen molar-refractivity contribution in [3.05, 3.63) is 34.7 Å². The van der Waals surface area contributed by atoms with Gasteiger partial charge in [-0.05, 0) is 19.1 Å². The van der Waals surface area contributed by atoms with Gasteiger partial charge in [-0.15, -0.1) is 5.10 Å². The second-order valence-electron chi connectivity index (χ2n) is 3.10. The number of rotatable bonds is 2. The molecule has 1 N–H and O–H groups in total. The molecule has 0 aliphatic rings. The largest absolute Gasteiger partial charge is 0.478 e. The maximum atomic E-state index is 10.7. The maximum Gasteiger partial charge on any atom is 0.340 e. The summed E-state index contributed by atoms with van der Waals surface area (Å²) in [6.45, 7) is 1.80. The van der Waals surface area contributed by atoms with Gasteiger partial charge in [0.05, 0.1) is 11.9 Å². The zero-order valence-corrected chi connectivity index (χ0v) is 9.01. The molecule has 0 aliphatic carbocycles. The Labute approximate surface area is 95.5 Å². The molecular weight excluding hydrogens is 232 g/mol. The molecular formula is C9H7ClN4O2. The van der Waals surface area contributed by atoms with Crippen LogP contribution in [0.1, 0.15) is 16.1 Å². The molecule has 0 aromatic carbocycles. The Morgan fingerprint density at radius 3 is 2.69 bits per heavy atom. The van der Waals surface area contributed by atoms with E-state index in [4.69, 9.17) is 16.7 Å². The van der Waals surface area contributed by atoms with Crippen molar-refractivity contribution in [1.82, 2.24) is 20.0 Å². The lowest BCUT2D eigenvalue weighted by Crippen LogP contribution is -2.02. The predicted octanol–water partition coefficient (Wildman–Crippen LogP) is 1.32. The average Bonchev–Trinajstić information content (AvgIpc) is 2.61. The van der Waals surface area contributed by atoms with Gasteiger partial charge in [-0.3, -0.25) is 0 Å². The van der Waals surface area contributed by atoms with Crippen LogP contribution >= 0.6 is 11.6 Å². The van der Waals surface area contributed by atoms with Crippen LogP contribution < -0.4 is 0 Å². The Kier molecular flexibility index (Phi) is 2.57. The standard InChI is InChI=1S/C9H7ClN4O2/c1-5-2-3-7(13-12-5)14-8(10)6(4-11-14)9(15)16/h2-4H,1H3,(H,15,16). The third-order valence-corrected chi connectivity index (χ3v) is 2.31. The summed E-state index contributed by atoms with van der Waals surface area (Å²) >= 11 is 5.85. The Balaban J connectivity index is 2.49. The molecule has 2 aromatic heterocycles. The monoisotopic (exact) mass is 238 g/mol. The van der Waals surface area contributed by atoms with E-state index in [1.807, 2.05) is 0 Å². The first kappa shape index (κ1) is 10.6. The lowest BCUT2D eigenvalue weighted by atomic mass is 10.4. The quantitative estimate of drug-likeness (QED) is 0.853. The first-order valence-electron chi connectivity index (χ1n) is 4.37. The fourth-order valence-corrected chi connectivity index (χ4v) is 1.40. The molecule has 6 nitrogen and oxygen atoms in total. The van der Waals surface area contributed by atoms with Crippen LogP contribution in [0, 0.1) is 6.92 Å². The second-order valence-corrected chi connectivity index (χ2v) is 3.46. The van der Waals surface area contributed by atoms with Crippen LogP contribution in [0.4, 0.5) is 0 Å². The van der Waals surface area contributed by atoms with Crippen molar-refractivity contribution in [1.29, 1.82) is 0 Å². The minimum absolute atomic E-state index is 0.00523. The Morgan fingerprint density at radius 2 is 2.19 bits per heavy atom. The highest BCUT2D eigenvalue weighted by Gasteiger charge is 2.16. The van der Waals surface area contributed by atoms with Gasteiger partial charge in [0, 0.05) is 0 Å². The van der Waals surface area contributed by atoms with Crippen LogP contribution in [0.5, 0.6) is 0 Å². The van der Waals surface area contributed by atoms with Crippen molar-refractivity contribution in [2.24, 2.45) is 0 Å². The second kappa shape index (κ2) is 3.90. The number of hydrogen-bond acceptors (Lipinski definition) is 4. The topological polar surface area (TPSA) is 80.9 Å². The van der Waals surface area contributed by atoms with Crippen molar-refractivity contribution in [2.45, 2.75) is 6.92 Å². The molecule has 2 aromatic rings. The number of aromatic carboxylic acids is 1. The molecule has 2 heterocycles. The van der Waals surface area contributed by atoms with Crippen LogP contribution in [-0.2, 0) is 0 Å². The zero-order valence-electron chi connectivity index (χ0n) is 8.25. The Hall–Kier alpha value is -1.95. The number of aromatic nitrogens is 4. The van der Waals surface area contributed by atoms with Gasteiger partial charge in [0.1, 0.15) is 10.7 Å². The molecule has 16 heavy (non-hydrogen) atoms. The van der Waals surface area contributed by atoms with Crippen molar-refractivity contribution in [3.63, 3.8) is 0 Å². The van der Waals surface area contributed by atoms with Crippen molar-refractivity contribution in [3.8, 4) is 5.82 Å². The number of hydrogen-bond donors (Lipinski definition) is 1. The van der Waals surface area contributed by atoms with Gasteiger partial charge in [-0.1, -0.05) is 11.6 Å². The van der Waals surface area contributed by atoms with Crippen molar-refractivity contribution < 1.29 is 9.90 Å². The highest BCUT2D eigenvalue weighted by Crippen LogP contribution is 2.18. The molecule has 0 atom stereocenters. The summed E-state index contributed by atoms with van der Waals surface area (Å²) in [6, 6.07) is 3.40. The van der Waals surface area contributed by atoms with Gasteiger partial charge in [0.2, 0.25) is 0 Å². The molecule has 0 spiro atoms. The first-order valence-corrected chi connectivity index (χ1v) is 4.75. The lowest BCUT2D eigenvalue weighted by molar-refractivity contribution is 0.0697. The van der Waals surface area contributed by atoms with E-state index in [0.717, 1.165) is 5.69 Å². The van der Waals surface area contributed by atoms with Crippen LogP contribution in [0.15, 0.2) is 18.3 Å². The van der Waals surface area contributed by atoms with Crippen LogP contribution in [0.2, 0.25) is 5.15 Å². The van der Waals surface area contributed by atoms with Crippen molar-refractivity contribution in [2.75, 3.05) is 0 Å². The van der Waals surface area contributed by atoms with Gasteiger partial charge in [-0.25, -0.2) is 9.48 Å². The fraction of sp³-hybridized carbons (Fsp3) is 0.111. The van der Waals surface area contributed by atoms with Gasteiger partial charge in [-0.2, -0.15) is 10.2 Å². The van der Waals surface area contributed by atoms with E-state index < -0.39 is 5.97 Å². The number of carboxylic acids is 1. The molecule has 7 heteroatoms. The van der Waals surface area contributed by atoms with Crippen LogP contribution in [-0.4, -0.2) is 31.1 Å². The number of aryl methyl sites for hydroxylation is 1. The van der Waals surface area contributed by atoms with Gasteiger partial charge in [0.25, 0.3) is 0 Å². The van der Waals surface area contributed by atoms with E-state index in [9.17, 15) is 4.79 Å². The van der Waals surface area contributed by atoms with E-state index in [1.165, 1.54) is 10.9 Å². The minimum Gasteiger partial charge on any atom is -0.478 e. The highest BCUT2D eigenvalue weighted by atomic mass is 35.5. The average molecular weight is 239 g/mol. The van der Waals surface area contributed by atoms with Gasteiger partial charge < -0.3 is 5.11 Å². The summed E-state index contributed by atoms with van der Waals surface area (Å²) in [4.78, 5) is 10.7. The summed E-state index contributed by atoms with van der Waals surface area (Å²) in [5.41, 5.74) is 0.689. The number of carboxylic acid groups (broad SMARTS) is 1. The molecule has 0 saturated heterocycles. The van der Waals surface area contributed by atoms with E-state index in [2.05, 4.69) is 15.3 Å². The van der Waals surface area contributed by atoms with E-state index in [1.54, 1.807) is 19.1 Å². The highest BCUT2D eigenvalue weighted by molar-refractivity contribution is 6.32. The summed E-state index contributed by atoms with van der Waals surface area (Å²) in [5, 5.41) is 20.3. The summed E-state index contributed by atoms with van der Waals surface area (Å²) in [7, 11) is 0. The Morgan fingerprint density at radius 1 is 1.44 bits per heavy atom. The molecule has 0 bridgehead atoms. The summed E-state index contributed by atoms with van der Waals surface area (Å²) in [5.74, 6) is -0.751. The Bertz CT molecular complexity index is 535. The van der Waals surface area contributed by atoms with Gasteiger partial charge >= 0.3 is 5.97 Å². The van der Waals surface area contributed by atoms with Crippen molar-refractivity contribution >= 4 is 17.6 Å². The smallest absolute Gasteiger partial charge is 0.340 e. The summed E-state index contributed by atoms with van der Waals surface area (Å²) < 4.78 is 1.22. The molecule has 82 valence electrons. The zero-order chi connectivity index (χ0) is 11.7. The third-order valence-electron chi connectivity index (χ3n) is 1.94. The number of halogens is 1. The lowest BCUT2D eigenvalue weighted by Gasteiger charge is -2.00. The van der Waals surface area contributed by atoms with E-state index >= 15 is 0 Å². The van der Waals surface area contributed by atoms with E-state index in [0.29, 0.717) is 5.82 Å². The molecule has 0 saturated carbocycles. The fourth-order valence-electron chi connectivity index (χ4n) is 1.14. The molecule has 0 aliphatic heterocycles. The molecule has 2 rings (SSSR count). The van der Waals surface area contributed by atoms with Gasteiger partial charge in [0.15, 0.2) is 5.82 Å².